The first-order chi connectivity index (χ1) is 14.3. The molecular weight excluding hydrogens is 404 g/mol. The lowest BCUT2D eigenvalue weighted by atomic mass is 10.1. The van der Waals surface area contributed by atoms with Gasteiger partial charge in [-0.25, -0.2) is 9.78 Å². The van der Waals surface area contributed by atoms with Gasteiger partial charge in [-0.05, 0) is 50.0 Å². The second kappa shape index (κ2) is 11.3. The van der Waals surface area contributed by atoms with Crippen LogP contribution in [0.25, 0.3) is 6.08 Å². The molecule has 1 aromatic heterocycles. The molecule has 0 atom stereocenters. The van der Waals surface area contributed by atoms with Gasteiger partial charge in [-0.15, -0.1) is 0 Å². The lowest BCUT2D eigenvalue weighted by Gasteiger charge is -2.12. The Kier molecular flexibility index (Phi) is 8.86. The van der Waals surface area contributed by atoms with Crippen LogP contribution >= 0.6 is 11.3 Å². The van der Waals surface area contributed by atoms with Gasteiger partial charge >= 0.3 is 5.97 Å². The van der Waals surface area contributed by atoms with Crippen LogP contribution in [0, 0.1) is 12.8 Å². The number of nitrogens with one attached hydrogen (secondary N) is 1. The molecule has 0 aliphatic rings. The third kappa shape index (κ3) is 6.88. The molecule has 0 fully saturated rings. The summed E-state index contributed by atoms with van der Waals surface area (Å²) in [5.41, 5.74) is 1.32. The van der Waals surface area contributed by atoms with Crippen molar-refractivity contribution in [3.05, 3.63) is 40.4 Å². The number of ether oxygens (including phenoxy) is 3. The minimum atomic E-state index is -0.439. The molecule has 30 heavy (non-hydrogen) atoms. The molecule has 0 unspecified atom stereocenters. The fourth-order valence-corrected chi connectivity index (χ4v) is 3.33. The number of anilines is 1. The first kappa shape index (κ1) is 23.4. The Morgan fingerprint density at radius 2 is 2.03 bits per heavy atom. The minimum absolute atomic E-state index is 0.283. The van der Waals surface area contributed by atoms with Gasteiger partial charge in [0.1, 0.15) is 4.88 Å². The quantitative estimate of drug-likeness (QED) is 0.432. The predicted molar refractivity (Wildman–Crippen MR) is 118 cm³/mol. The van der Waals surface area contributed by atoms with Crippen LogP contribution in [0.3, 0.4) is 0 Å². The minimum Gasteiger partial charge on any atom is -0.493 e. The summed E-state index contributed by atoms with van der Waals surface area (Å²) in [6, 6.07) is 5.48. The highest BCUT2D eigenvalue weighted by Crippen LogP contribution is 2.29. The highest BCUT2D eigenvalue weighted by Gasteiger charge is 2.17. The van der Waals surface area contributed by atoms with Gasteiger partial charge in [-0.1, -0.05) is 31.3 Å². The number of amides is 1. The maximum Gasteiger partial charge on any atom is 0.350 e. The van der Waals surface area contributed by atoms with E-state index >= 15 is 0 Å². The van der Waals surface area contributed by atoms with Crippen LogP contribution in [0.15, 0.2) is 24.3 Å². The second-order valence-corrected chi connectivity index (χ2v) is 7.92. The fraction of sp³-hybridized carbons (Fsp3) is 0.409. The molecule has 162 valence electrons. The molecule has 1 heterocycles. The van der Waals surface area contributed by atoms with Crippen molar-refractivity contribution in [2.24, 2.45) is 5.92 Å². The molecule has 0 aliphatic heterocycles. The summed E-state index contributed by atoms with van der Waals surface area (Å²) in [5, 5.41) is 3.01. The number of carbonyl (C=O) groups is 2. The number of nitrogens with zero attached hydrogens (tertiary/aromatic N) is 1. The Morgan fingerprint density at radius 3 is 2.70 bits per heavy atom. The summed E-state index contributed by atoms with van der Waals surface area (Å²) in [5.74, 6) is 1.05. The van der Waals surface area contributed by atoms with Crippen LogP contribution in [0.5, 0.6) is 11.5 Å². The van der Waals surface area contributed by atoms with E-state index in [1.807, 2.05) is 12.1 Å². The van der Waals surface area contributed by atoms with Crippen LogP contribution in [0.1, 0.15) is 48.1 Å². The maximum absolute atomic E-state index is 12.2. The number of esters is 1. The van der Waals surface area contributed by atoms with Gasteiger partial charge in [0, 0.05) is 6.08 Å². The molecule has 0 saturated carbocycles. The SMILES string of the molecule is CCOC(=O)c1sc(NC(=O)C=Cc2ccc(OCCC(C)C)c(OC)c2)nc1C. The molecule has 0 aliphatic carbocycles. The van der Waals surface area contributed by atoms with Crippen molar-refractivity contribution >= 4 is 34.4 Å². The lowest BCUT2D eigenvalue weighted by molar-refractivity contribution is -0.111. The number of thiazole rings is 1. The highest BCUT2D eigenvalue weighted by molar-refractivity contribution is 7.17. The van der Waals surface area contributed by atoms with Gasteiger partial charge in [0.15, 0.2) is 16.6 Å². The van der Waals surface area contributed by atoms with Gasteiger partial charge in [-0.3, -0.25) is 10.1 Å². The van der Waals surface area contributed by atoms with Crippen molar-refractivity contribution in [3.63, 3.8) is 0 Å². The normalized spacial score (nSPS) is 11.0. The van der Waals surface area contributed by atoms with E-state index in [-0.39, 0.29) is 12.5 Å². The Labute approximate surface area is 181 Å². The fourth-order valence-electron chi connectivity index (χ4n) is 2.47. The monoisotopic (exact) mass is 432 g/mol. The molecule has 0 bridgehead atoms. The zero-order chi connectivity index (χ0) is 22.1. The average Bonchev–Trinajstić information content (AvgIpc) is 3.07. The largest absolute Gasteiger partial charge is 0.493 e. The van der Waals surface area contributed by atoms with Crippen LogP contribution in [-0.4, -0.2) is 37.2 Å². The van der Waals surface area contributed by atoms with Crippen LogP contribution in [0.4, 0.5) is 5.13 Å². The van der Waals surface area contributed by atoms with E-state index in [1.54, 1.807) is 33.1 Å². The van der Waals surface area contributed by atoms with Gasteiger partial charge in [0.2, 0.25) is 5.91 Å². The number of carbonyl (C=O) groups excluding carboxylic acids is 2. The summed E-state index contributed by atoms with van der Waals surface area (Å²) in [6.45, 7) is 8.62. The van der Waals surface area contributed by atoms with Gasteiger partial charge in [-0.2, -0.15) is 0 Å². The smallest absolute Gasteiger partial charge is 0.350 e. The Morgan fingerprint density at radius 1 is 1.27 bits per heavy atom. The predicted octanol–water partition coefficient (Wildman–Crippen LogP) is 4.71. The number of aromatic nitrogens is 1. The van der Waals surface area contributed by atoms with E-state index in [4.69, 9.17) is 14.2 Å². The van der Waals surface area contributed by atoms with E-state index in [0.29, 0.717) is 39.7 Å². The summed E-state index contributed by atoms with van der Waals surface area (Å²) >= 11 is 1.09. The van der Waals surface area contributed by atoms with Crippen molar-refractivity contribution < 1.29 is 23.8 Å². The van der Waals surface area contributed by atoms with E-state index in [2.05, 4.69) is 24.1 Å². The molecular formula is C22H28N2O5S. The van der Waals surface area contributed by atoms with Crippen molar-refractivity contribution in [1.29, 1.82) is 0 Å². The molecule has 8 heteroatoms. The first-order valence-corrected chi connectivity index (χ1v) is 10.6. The topological polar surface area (TPSA) is 86.8 Å². The molecule has 2 rings (SSSR count). The molecule has 0 saturated heterocycles. The number of hydrogen-bond acceptors (Lipinski definition) is 7. The number of benzene rings is 1. The Balaban J connectivity index is 2.00. The first-order valence-electron chi connectivity index (χ1n) is 9.78. The standard InChI is InChI=1S/C22H28N2O5S/c1-6-28-21(26)20-15(4)23-22(30-20)24-19(25)10-8-16-7-9-17(18(13-16)27-5)29-12-11-14(2)3/h7-10,13-14H,6,11-12H2,1-5H3,(H,23,24,25). The van der Waals surface area contributed by atoms with Crippen molar-refractivity contribution in [3.8, 4) is 11.5 Å². The highest BCUT2D eigenvalue weighted by atomic mass is 32.1. The summed E-state index contributed by atoms with van der Waals surface area (Å²) in [6.07, 6.45) is 4.02. The Bertz CT molecular complexity index is 905. The van der Waals surface area contributed by atoms with E-state index in [9.17, 15) is 9.59 Å². The maximum atomic E-state index is 12.2. The molecule has 2 aromatic rings. The van der Waals surface area contributed by atoms with Crippen molar-refractivity contribution in [2.75, 3.05) is 25.6 Å². The van der Waals surface area contributed by atoms with Gasteiger partial charge < -0.3 is 14.2 Å². The zero-order valence-corrected chi connectivity index (χ0v) is 18.8. The van der Waals surface area contributed by atoms with Crippen molar-refractivity contribution in [2.45, 2.75) is 34.1 Å². The molecule has 1 amide bonds. The van der Waals surface area contributed by atoms with Crippen LogP contribution in [-0.2, 0) is 9.53 Å². The number of methoxy groups -OCH3 is 1. The summed E-state index contributed by atoms with van der Waals surface area (Å²) in [7, 11) is 1.58. The van der Waals surface area contributed by atoms with E-state index in [1.165, 1.54) is 6.08 Å². The average molecular weight is 433 g/mol. The van der Waals surface area contributed by atoms with Crippen LogP contribution in [0.2, 0.25) is 0 Å². The van der Waals surface area contributed by atoms with Crippen molar-refractivity contribution in [1.82, 2.24) is 4.98 Å². The second-order valence-electron chi connectivity index (χ2n) is 6.92. The molecule has 0 spiro atoms. The molecule has 0 radical (unpaired) electrons. The van der Waals surface area contributed by atoms with E-state index in [0.717, 1.165) is 23.3 Å². The van der Waals surface area contributed by atoms with Gasteiger partial charge in [0.25, 0.3) is 0 Å². The number of rotatable bonds is 10. The van der Waals surface area contributed by atoms with Crippen LogP contribution < -0.4 is 14.8 Å². The number of aryl methyl sites for hydroxylation is 1. The van der Waals surface area contributed by atoms with E-state index < -0.39 is 5.97 Å². The Hall–Kier alpha value is -2.87. The van der Waals surface area contributed by atoms with Gasteiger partial charge in [0.05, 0.1) is 26.0 Å². The zero-order valence-electron chi connectivity index (χ0n) is 18.0. The molecule has 7 nitrogen and oxygen atoms in total. The summed E-state index contributed by atoms with van der Waals surface area (Å²) in [4.78, 5) is 28.7. The third-order valence-corrected chi connectivity index (χ3v) is 5.11. The molecule has 1 aromatic carbocycles. The third-order valence-electron chi connectivity index (χ3n) is 4.06. The molecule has 1 N–H and O–H groups in total. The number of hydrogen-bond donors (Lipinski definition) is 1. The summed E-state index contributed by atoms with van der Waals surface area (Å²) < 4.78 is 16.2. The lowest BCUT2D eigenvalue weighted by Crippen LogP contribution is -2.07.